The van der Waals surface area contributed by atoms with Crippen LogP contribution in [0.5, 0.6) is 0 Å². The van der Waals surface area contributed by atoms with Gasteiger partial charge in [0.05, 0.1) is 11.2 Å². The van der Waals surface area contributed by atoms with Gasteiger partial charge in [-0.05, 0) is 72.4 Å². The molecule has 192 valence electrons. The number of hydrogen-bond donors (Lipinski definition) is 2. The number of likely N-dealkylation sites (tertiary alicyclic amines) is 1. The van der Waals surface area contributed by atoms with Crippen molar-refractivity contribution in [3.63, 3.8) is 0 Å². The van der Waals surface area contributed by atoms with Crippen LogP contribution in [0, 0.1) is 23.0 Å². The van der Waals surface area contributed by atoms with E-state index in [0.29, 0.717) is 40.8 Å². The van der Waals surface area contributed by atoms with Crippen LogP contribution in [0.3, 0.4) is 0 Å². The third-order valence-electron chi connectivity index (χ3n) is 6.16. The van der Waals surface area contributed by atoms with Crippen LogP contribution in [-0.2, 0) is 13.0 Å². The molecular weight excluding hydrogens is 503 g/mol. The Morgan fingerprint density at radius 1 is 0.972 bits per heavy atom. The lowest BCUT2D eigenvalue weighted by atomic mass is 9.90. The monoisotopic (exact) mass is 533 g/mol. The van der Waals surface area contributed by atoms with Crippen molar-refractivity contribution >= 4 is 24.8 Å². The topological polar surface area (TPSA) is 73.3 Å². The molecular formula is C28H31Cl2F2N3O. The molecule has 1 aliphatic rings. The van der Waals surface area contributed by atoms with E-state index in [4.69, 9.17) is 11.0 Å². The van der Waals surface area contributed by atoms with E-state index >= 15 is 4.39 Å². The van der Waals surface area contributed by atoms with Crippen molar-refractivity contribution < 1.29 is 13.9 Å². The van der Waals surface area contributed by atoms with Gasteiger partial charge in [0.25, 0.3) is 0 Å². The summed E-state index contributed by atoms with van der Waals surface area (Å²) in [5.41, 5.74) is 9.09. The van der Waals surface area contributed by atoms with Gasteiger partial charge in [-0.3, -0.25) is 4.90 Å². The van der Waals surface area contributed by atoms with Gasteiger partial charge in [-0.15, -0.1) is 24.8 Å². The number of nitrogens with zero attached hydrogens (tertiary/aromatic N) is 2. The lowest BCUT2D eigenvalue weighted by molar-refractivity contribution is 0.0809. The average molecular weight is 534 g/mol. The number of rotatable bonds is 6. The summed E-state index contributed by atoms with van der Waals surface area (Å²) in [5.74, 6) is -1.02. The summed E-state index contributed by atoms with van der Waals surface area (Å²) in [6.45, 7) is 5.80. The Kier molecular flexibility index (Phi) is 10.0. The van der Waals surface area contributed by atoms with E-state index in [0.717, 1.165) is 25.1 Å². The van der Waals surface area contributed by atoms with Crippen molar-refractivity contribution in [1.29, 1.82) is 5.26 Å². The second-order valence-corrected chi connectivity index (χ2v) is 9.77. The van der Waals surface area contributed by atoms with Gasteiger partial charge < -0.3 is 10.8 Å². The zero-order valence-electron chi connectivity index (χ0n) is 20.3. The van der Waals surface area contributed by atoms with Gasteiger partial charge in [0, 0.05) is 37.7 Å². The SMILES string of the molecule is CC(C)(O)Cc1ccc(-c2ccc(CN3CC[C@H](N)C3)cc2-c2ccc(C#N)c(F)c2)c(F)c1.Cl.Cl. The maximum absolute atomic E-state index is 15.3. The van der Waals surface area contributed by atoms with E-state index < -0.39 is 17.2 Å². The minimum atomic E-state index is -0.946. The molecule has 4 nitrogen and oxygen atoms in total. The van der Waals surface area contributed by atoms with Crippen molar-refractivity contribution in [2.24, 2.45) is 5.73 Å². The van der Waals surface area contributed by atoms with Crippen LogP contribution in [0.2, 0.25) is 0 Å². The van der Waals surface area contributed by atoms with Crippen LogP contribution in [0.25, 0.3) is 22.3 Å². The molecule has 1 fully saturated rings. The van der Waals surface area contributed by atoms with Crippen LogP contribution in [0.15, 0.2) is 54.6 Å². The molecule has 3 aromatic carbocycles. The Hall–Kier alpha value is -2.53. The summed E-state index contributed by atoms with van der Waals surface area (Å²) < 4.78 is 29.7. The lowest BCUT2D eigenvalue weighted by Crippen LogP contribution is -2.26. The number of hydrogen-bond acceptors (Lipinski definition) is 4. The first-order chi connectivity index (χ1) is 16.1. The fraction of sp³-hybridized carbons (Fsp3) is 0.321. The molecule has 1 atom stereocenters. The summed E-state index contributed by atoms with van der Waals surface area (Å²) in [5, 5.41) is 19.2. The van der Waals surface area contributed by atoms with Crippen molar-refractivity contribution in [3.8, 4) is 28.3 Å². The van der Waals surface area contributed by atoms with E-state index in [1.54, 1.807) is 32.0 Å². The molecule has 0 amide bonds. The minimum absolute atomic E-state index is 0. The highest BCUT2D eigenvalue weighted by Crippen LogP contribution is 2.36. The maximum Gasteiger partial charge on any atom is 0.141 e. The summed E-state index contributed by atoms with van der Waals surface area (Å²) >= 11 is 0. The molecule has 1 aliphatic heterocycles. The van der Waals surface area contributed by atoms with Crippen molar-refractivity contribution in [2.75, 3.05) is 13.1 Å². The Morgan fingerprint density at radius 3 is 2.25 bits per heavy atom. The molecule has 3 N–H and O–H groups in total. The first kappa shape index (κ1) is 29.7. The number of aliphatic hydroxyl groups is 1. The molecule has 0 aromatic heterocycles. The molecule has 0 unspecified atom stereocenters. The molecule has 0 saturated carbocycles. The zero-order valence-corrected chi connectivity index (χ0v) is 21.9. The second kappa shape index (κ2) is 12.1. The molecule has 0 spiro atoms. The number of benzene rings is 3. The zero-order chi connectivity index (χ0) is 24.5. The first-order valence-electron chi connectivity index (χ1n) is 11.4. The highest BCUT2D eigenvalue weighted by atomic mass is 35.5. The molecule has 0 radical (unpaired) electrons. The summed E-state index contributed by atoms with van der Waals surface area (Å²) in [4.78, 5) is 2.27. The van der Waals surface area contributed by atoms with Crippen LogP contribution in [0.1, 0.15) is 37.0 Å². The lowest BCUT2D eigenvalue weighted by Gasteiger charge is -2.19. The molecule has 0 aliphatic carbocycles. The van der Waals surface area contributed by atoms with Crippen molar-refractivity contribution in [1.82, 2.24) is 4.90 Å². The predicted octanol–water partition coefficient (Wildman–Crippen LogP) is 5.86. The smallest absolute Gasteiger partial charge is 0.141 e. The van der Waals surface area contributed by atoms with E-state index in [9.17, 15) is 9.50 Å². The van der Waals surface area contributed by atoms with E-state index in [2.05, 4.69) is 4.90 Å². The Labute approximate surface area is 223 Å². The van der Waals surface area contributed by atoms with Gasteiger partial charge in [-0.2, -0.15) is 5.26 Å². The summed E-state index contributed by atoms with van der Waals surface area (Å²) in [6, 6.07) is 17.2. The quantitative estimate of drug-likeness (QED) is 0.416. The first-order valence-corrected chi connectivity index (χ1v) is 11.4. The summed E-state index contributed by atoms with van der Waals surface area (Å²) in [7, 11) is 0. The van der Waals surface area contributed by atoms with Gasteiger partial charge >= 0.3 is 0 Å². The average Bonchev–Trinajstić information content (AvgIpc) is 3.17. The maximum atomic E-state index is 15.3. The number of halogens is 4. The van der Waals surface area contributed by atoms with Gasteiger partial charge in [-0.1, -0.05) is 30.3 Å². The highest BCUT2D eigenvalue weighted by molar-refractivity contribution is 5.86. The van der Waals surface area contributed by atoms with Crippen LogP contribution in [0.4, 0.5) is 8.78 Å². The van der Waals surface area contributed by atoms with Crippen LogP contribution >= 0.6 is 24.8 Å². The van der Waals surface area contributed by atoms with E-state index in [1.165, 1.54) is 18.2 Å². The Balaban J connectivity index is 0.00000228. The van der Waals surface area contributed by atoms with E-state index in [1.807, 2.05) is 24.3 Å². The molecule has 36 heavy (non-hydrogen) atoms. The van der Waals surface area contributed by atoms with Crippen LogP contribution in [-0.4, -0.2) is 34.7 Å². The number of nitriles is 1. The van der Waals surface area contributed by atoms with Gasteiger partial charge in [0.2, 0.25) is 0 Å². The number of nitrogens with two attached hydrogens (primary N) is 1. The van der Waals surface area contributed by atoms with Gasteiger partial charge in [0.15, 0.2) is 0 Å². The van der Waals surface area contributed by atoms with Crippen molar-refractivity contribution in [3.05, 3.63) is 82.9 Å². The summed E-state index contributed by atoms with van der Waals surface area (Å²) in [6.07, 6.45) is 1.28. The Morgan fingerprint density at radius 2 is 1.67 bits per heavy atom. The fourth-order valence-corrected chi connectivity index (χ4v) is 4.59. The molecule has 0 bridgehead atoms. The van der Waals surface area contributed by atoms with Gasteiger partial charge in [0.1, 0.15) is 17.7 Å². The second-order valence-electron chi connectivity index (χ2n) is 9.77. The third-order valence-corrected chi connectivity index (χ3v) is 6.16. The minimum Gasteiger partial charge on any atom is -0.390 e. The molecule has 1 saturated heterocycles. The predicted molar refractivity (Wildman–Crippen MR) is 144 cm³/mol. The normalized spacial score (nSPS) is 15.6. The van der Waals surface area contributed by atoms with Gasteiger partial charge in [-0.25, -0.2) is 8.78 Å². The molecule has 8 heteroatoms. The standard InChI is InChI=1S/C28H29F2N3O.2ClH/c1-28(2,34)14-18-3-8-24(27(30)12-18)23-7-4-19(16-33-10-9-22(32)17-33)11-25(23)20-5-6-21(15-31)26(29)13-20;;/h3-8,11-13,22,34H,9-10,14,16-17,32H2,1-2H3;2*1H/t22-;;/m0../s1. The molecule has 4 rings (SSSR count). The molecule has 3 aromatic rings. The third kappa shape index (κ3) is 7.03. The highest BCUT2D eigenvalue weighted by Gasteiger charge is 2.21. The largest absolute Gasteiger partial charge is 0.390 e. The molecule has 1 heterocycles. The van der Waals surface area contributed by atoms with E-state index in [-0.39, 0.29) is 36.4 Å². The fourth-order valence-electron chi connectivity index (χ4n) is 4.59. The Bertz CT molecular complexity index is 1250. The van der Waals surface area contributed by atoms with Crippen molar-refractivity contribution in [2.45, 2.75) is 44.9 Å². The van der Waals surface area contributed by atoms with Crippen LogP contribution < -0.4 is 5.73 Å².